The summed E-state index contributed by atoms with van der Waals surface area (Å²) in [6, 6.07) is 1.80. The standard InChI is InChI=1S/C16H25N3O3/c1-4-18(5-2)14(20)12-17-7-9-19(10-8-17)16(21)15-13(3)6-11-22-15/h6,11H,4-5,7-10,12H2,1-3H3. The monoisotopic (exact) mass is 307 g/mol. The van der Waals surface area contributed by atoms with E-state index in [1.54, 1.807) is 17.2 Å². The van der Waals surface area contributed by atoms with Gasteiger partial charge in [-0.25, -0.2) is 0 Å². The highest BCUT2D eigenvalue weighted by Crippen LogP contribution is 2.14. The summed E-state index contributed by atoms with van der Waals surface area (Å²) < 4.78 is 5.27. The molecule has 6 nitrogen and oxygen atoms in total. The number of carbonyl (C=O) groups is 2. The first kappa shape index (κ1) is 16.5. The summed E-state index contributed by atoms with van der Waals surface area (Å²) in [4.78, 5) is 30.2. The maximum Gasteiger partial charge on any atom is 0.289 e. The molecular weight excluding hydrogens is 282 g/mol. The number of hydrogen-bond donors (Lipinski definition) is 0. The minimum Gasteiger partial charge on any atom is -0.459 e. The number of amides is 2. The third-order valence-electron chi connectivity index (χ3n) is 4.19. The van der Waals surface area contributed by atoms with E-state index < -0.39 is 0 Å². The molecule has 1 aliphatic heterocycles. The van der Waals surface area contributed by atoms with Crippen LogP contribution in [0.15, 0.2) is 16.7 Å². The Bertz CT molecular complexity index is 514. The van der Waals surface area contributed by atoms with Crippen molar-refractivity contribution in [3.05, 3.63) is 23.7 Å². The molecule has 0 unspecified atom stereocenters. The lowest BCUT2D eigenvalue weighted by Gasteiger charge is -2.34. The normalized spacial score (nSPS) is 15.9. The molecule has 1 saturated heterocycles. The van der Waals surface area contributed by atoms with Gasteiger partial charge in [-0.2, -0.15) is 0 Å². The quantitative estimate of drug-likeness (QED) is 0.820. The van der Waals surface area contributed by atoms with Crippen molar-refractivity contribution in [3.63, 3.8) is 0 Å². The summed E-state index contributed by atoms with van der Waals surface area (Å²) in [6.07, 6.45) is 1.54. The number of furan rings is 1. The zero-order valence-electron chi connectivity index (χ0n) is 13.7. The van der Waals surface area contributed by atoms with E-state index in [0.29, 0.717) is 25.4 Å². The highest BCUT2D eigenvalue weighted by molar-refractivity contribution is 5.92. The zero-order valence-corrected chi connectivity index (χ0v) is 13.7. The predicted octanol–water partition coefficient (Wildman–Crippen LogP) is 1.21. The van der Waals surface area contributed by atoms with Gasteiger partial charge in [-0.05, 0) is 26.8 Å². The van der Waals surface area contributed by atoms with Crippen LogP contribution in [0.1, 0.15) is 30.0 Å². The van der Waals surface area contributed by atoms with Crippen LogP contribution in [0.2, 0.25) is 0 Å². The van der Waals surface area contributed by atoms with E-state index in [-0.39, 0.29) is 11.8 Å². The molecule has 2 heterocycles. The molecule has 122 valence electrons. The average molecular weight is 307 g/mol. The lowest BCUT2D eigenvalue weighted by molar-refractivity contribution is -0.132. The van der Waals surface area contributed by atoms with Crippen molar-refractivity contribution < 1.29 is 14.0 Å². The number of hydrogen-bond acceptors (Lipinski definition) is 4. The molecule has 1 aliphatic rings. The maximum absolute atomic E-state index is 12.3. The van der Waals surface area contributed by atoms with Gasteiger partial charge < -0.3 is 14.2 Å². The molecule has 2 rings (SSSR count). The van der Waals surface area contributed by atoms with Crippen molar-refractivity contribution in [2.75, 3.05) is 45.8 Å². The van der Waals surface area contributed by atoms with Gasteiger partial charge in [0.2, 0.25) is 5.91 Å². The van der Waals surface area contributed by atoms with Gasteiger partial charge in [-0.3, -0.25) is 14.5 Å². The summed E-state index contributed by atoms with van der Waals surface area (Å²) in [6.45, 7) is 10.5. The predicted molar refractivity (Wildman–Crippen MR) is 83.7 cm³/mol. The van der Waals surface area contributed by atoms with Crippen LogP contribution in [0.3, 0.4) is 0 Å². The third kappa shape index (κ3) is 3.68. The van der Waals surface area contributed by atoms with Crippen molar-refractivity contribution in [2.45, 2.75) is 20.8 Å². The van der Waals surface area contributed by atoms with Gasteiger partial charge in [-0.1, -0.05) is 0 Å². The molecule has 0 saturated carbocycles. The molecule has 0 radical (unpaired) electrons. The number of piperazine rings is 1. The van der Waals surface area contributed by atoms with Gasteiger partial charge in [0.25, 0.3) is 5.91 Å². The minimum atomic E-state index is -0.0581. The summed E-state index contributed by atoms with van der Waals surface area (Å²) in [5, 5.41) is 0. The van der Waals surface area contributed by atoms with Crippen LogP contribution in [0.5, 0.6) is 0 Å². The summed E-state index contributed by atoms with van der Waals surface area (Å²) in [5.41, 5.74) is 0.865. The van der Waals surface area contributed by atoms with Crippen molar-refractivity contribution >= 4 is 11.8 Å². The van der Waals surface area contributed by atoms with Gasteiger partial charge in [0.1, 0.15) is 0 Å². The van der Waals surface area contributed by atoms with Crippen LogP contribution in [-0.2, 0) is 4.79 Å². The Kier molecular flexibility index (Phi) is 5.60. The Hall–Kier alpha value is -1.82. The van der Waals surface area contributed by atoms with Crippen molar-refractivity contribution in [1.82, 2.24) is 14.7 Å². The van der Waals surface area contributed by atoms with E-state index in [2.05, 4.69) is 4.90 Å². The summed E-state index contributed by atoms with van der Waals surface area (Å²) in [5.74, 6) is 0.525. The third-order valence-corrected chi connectivity index (χ3v) is 4.19. The first-order chi connectivity index (χ1) is 10.6. The molecule has 0 N–H and O–H groups in total. The maximum atomic E-state index is 12.3. The number of rotatable bonds is 5. The number of aryl methyl sites for hydroxylation is 1. The second-order valence-electron chi connectivity index (χ2n) is 5.57. The van der Waals surface area contributed by atoms with Gasteiger partial charge in [0.05, 0.1) is 12.8 Å². The molecule has 1 aromatic heterocycles. The fourth-order valence-electron chi connectivity index (χ4n) is 2.71. The lowest BCUT2D eigenvalue weighted by atomic mass is 10.2. The highest BCUT2D eigenvalue weighted by atomic mass is 16.3. The SMILES string of the molecule is CCN(CC)C(=O)CN1CCN(C(=O)c2occc2C)CC1. The molecule has 6 heteroatoms. The second kappa shape index (κ2) is 7.45. The average Bonchev–Trinajstić information content (AvgIpc) is 2.94. The molecule has 22 heavy (non-hydrogen) atoms. The summed E-state index contributed by atoms with van der Waals surface area (Å²) in [7, 11) is 0. The molecule has 0 atom stereocenters. The first-order valence-corrected chi connectivity index (χ1v) is 7.90. The smallest absolute Gasteiger partial charge is 0.289 e. The van der Waals surface area contributed by atoms with E-state index in [9.17, 15) is 9.59 Å². The molecule has 0 aliphatic carbocycles. The van der Waals surface area contributed by atoms with Crippen LogP contribution >= 0.6 is 0 Å². The number of carbonyl (C=O) groups excluding carboxylic acids is 2. The Morgan fingerprint density at radius 2 is 1.82 bits per heavy atom. The Morgan fingerprint density at radius 3 is 2.32 bits per heavy atom. The molecule has 1 fully saturated rings. The molecule has 2 amide bonds. The van der Waals surface area contributed by atoms with Crippen molar-refractivity contribution in [2.24, 2.45) is 0 Å². The van der Waals surface area contributed by atoms with E-state index in [4.69, 9.17) is 4.42 Å². The molecular formula is C16H25N3O3. The van der Waals surface area contributed by atoms with Crippen molar-refractivity contribution in [1.29, 1.82) is 0 Å². The van der Waals surface area contributed by atoms with Crippen LogP contribution in [0.25, 0.3) is 0 Å². The Morgan fingerprint density at radius 1 is 1.18 bits per heavy atom. The van der Waals surface area contributed by atoms with E-state index in [0.717, 1.165) is 31.7 Å². The van der Waals surface area contributed by atoms with Gasteiger partial charge >= 0.3 is 0 Å². The van der Waals surface area contributed by atoms with Gasteiger partial charge in [-0.15, -0.1) is 0 Å². The van der Waals surface area contributed by atoms with Crippen LogP contribution in [0, 0.1) is 6.92 Å². The largest absolute Gasteiger partial charge is 0.459 e. The van der Waals surface area contributed by atoms with Crippen LogP contribution < -0.4 is 0 Å². The number of likely N-dealkylation sites (N-methyl/N-ethyl adjacent to an activating group) is 1. The fourth-order valence-corrected chi connectivity index (χ4v) is 2.71. The molecule has 0 bridgehead atoms. The summed E-state index contributed by atoms with van der Waals surface area (Å²) >= 11 is 0. The second-order valence-corrected chi connectivity index (χ2v) is 5.57. The van der Waals surface area contributed by atoms with E-state index in [1.807, 2.05) is 25.7 Å². The highest BCUT2D eigenvalue weighted by Gasteiger charge is 2.26. The van der Waals surface area contributed by atoms with Crippen LogP contribution in [-0.4, -0.2) is 72.3 Å². The van der Waals surface area contributed by atoms with Crippen LogP contribution in [0.4, 0.5) is 0 Å². The zero-order chi connectivity index (χ0) is 16.1. The topological polar surface area (TPSA) is 57.0 Å². The van der Waals surface area contributed by atoms with Crippen molar-refractivity contribution in [3.8, 4) is 0 Å². The van der Waals surface area contributed by atoms with E-state index in [1.165, 1.54) is 0 Å². The minimum absolute atomic E-state index is 0.0581. The van der Waals surface area contributed by atoms with Gasteiger partial charge in [0, 0.05) is 44.8 Å². The Balaban J connectivity index is 1.84. The molecule has 0 spiro atoms. The fraction of sp³-hybridized carbons (Fsp3) is 0.625. The first-order valence-electron chi connectivity index (χ1n) is 7.90. The molecule has 0 aromatic carbocycles. The Labute approximate surface area is 131 Å². The lowest BCUT2D eigenvalue weighted by Crippen LogP contribution is -2.51. The number of nitrogens with zero attached hydrogens (tertiary/aromatic N) is 3. The molecule has 1 aromatic rings. The van der Waals surface area contributed by atoms with E-state index >= 15 is 0 Å². The van der Waals surface area contributed by atoms with Gasteiger partial charge in [0.15, 0.2) is 5.76 Å².